The van der Waals surface area contributed by atoms with E-state index in [1.165, 1.54) is 11.1 Å². The van der Waals surface area contributed by atoms with Gasteiger partial charge in [-0.2, -0.15) is 5.26 Å². The smallest absolute Gasteiger partial charge is 0.0663 e. The van der Waals surface area contributed by atoms with E-state index in [1.807, 2.05) is 42.5 Å². The van der Waals surface area contributed by atoms with Gasteiger partial charge in [0, 0.05) is 0 Å². The van der Waals surface area contributed by atoms with Crippen LogP contribution in [0.4, 0.5) is 0 Å². The first-order valence-corrected chi connectivity index (χ1v) is 5.59. The number of nitriles is 1. The SMILES string of the molecule is N#CCC=Cc1cccc(-c2ccccc2)c1. The minimum atomic E-state index is 0.454. The Morgan fingerprint density at radius 3 is 2.47 bits per heavy atom. The minimum absolute atomic E-state index is 0.454. The Bertz CT molecular complexity index is 547. The van der Waals surface area contributed by atoms with E-state index in [9.17, 15) is 0 Å². The summed E-state index contributed by atoms with van der Waals surface area (Å²) >= 11 is 0. The van der Waals surface area contributed by atoms with E-state index < -0.39 is 0 Å². The number of rotatable bonds is 3. The van der Waals surface area contributed by atoms with Gasteiger partial charge in [0.05, 0.1) is 12.5 Å². The Hall–Kier alpha value is -2.33. The Kier molecular flexibility index (Phi) is 3.72. The third-order valence-corrected chi connectivity index (χ3v) is 2.51. The third-order valence-electron chi connectivity index (χ3n) is 2.51. The zero-order chi connectivity index (χ0) is 11.9. The first kappa shape index (κ1) is 11.2. The van der Waals surface area contributed by atoms with E-state index in [0.29, 0.717) is 6.42 Å². The number of benzene rings is 2. The Balaban J connectivity index is 2.27. The fourth-order valence-electron chi connectivity index (χ4n) is 1.70. The molecule has 0 aliphatic rings. The quantitative estimate of drug-likeness (QED) is 0.755. The first-order valence-electron chi connectivity index (χ1n) is 5.59. The van der Waals surface area contributed by atoms with Gasteiger partial charge in [0.1, 0.15) is 0 Å². The van der Waals surface area contributed by atoms with Crippen LogP contribution in [0.25, 0.3) is 17.2 Å². The Morgan fingerprint density at radius 1 is 0.941 bits per heavy atom. The molecule has 1 nitrogen and oxygen atoms in total. The molecule has 0 heterocycles. The lowest BCUT2D eigenvalue weighted by molar-refractivity contribution is 1.36. The summed E-state index contributed by atoms with van der Waals surface area (Å²) in [6.45, 7) is 0. The molecule has 0 aromatic heterocycles. The molecule has 2 rings (SSSR count). The lowest BCUT2D eigenvalue weighted by atomic mass is 10.0. The molecule has 82 valence electrons. The van der Waals surface area contributed by atoms with Crippen LogP contribution in [0.2, 0.25) is 0 Å². The largest absolute Gasteiger partial charge is 0.198 e. The van der Waals surface area contributed by atoms with Crippen molar-refractivity contribution in [1.82, 2.24) is 0 Å². The Morgan fingerprint density at radius 2 is 1.71 bits per heavy atom. The molecule has 0 aliphatic heterocycles. The molecule has 2 aromatic carbocycles. The molecule has 0 saturated carbocycles. The molecular formula is C16H13N. The molecule has 0 amide bonds. The molecule has 1 heteroatoms. The predicted octanol–water partition coefficient (Wildman–Crippen LogP) is 4.28. The van der Waals surface area contributed by atoms with Crippen LogP contribution in [0.1, 0.15) is 12.0 Å². The van der Waals surface area contributed by atoms with Gasteiger partial charge in [-0.15, -0.1) is 0 Å². The van der Waals surface area contributed by atoms with Crippen molar-refractivity contribution in [1.29, 1.82) is 5.26 Å². The highest BCUT2D eigenvalue weighted by Gasteiger charge is 1.96. The summed E-state index contributed by atoms with van der Waals surface area (Å²) in [6, 6.07) is 20.7. The van der Waals surface area contributed by atoms with Crippen LogP contribution in [0, 0.1) is 11.3 Å². The van der Waals surface area contributed by atoms with Gasteiger partial charge in [0.2, 0.25) is 0 Å². The maximum absolute atomic E-state index is 8.48. The van der Waals surface area contributed by atoms with Crippen molar-refractivity contribution in [3.8, 4) is 17.2 Å². The van der Waals surface area contributed by atoms with Crippen LogP contribution in [0.15, 0.2) is 60.7 Å². The molecule has 0 unspecified atom stereocenters. The van der Waals surface area contributed by atoms with Crippen LogP contribution in [-0.4, -0.2) is 0 Å². The highest BCUT2D eigenvalue weighted by molar-refractivity contribution is 5.67. The molecular weight excluding hydrogens is 206 g/mol. The number of nitrogens with zero attached hydrogens (tertiary/aromatic N) is 1. The topological polar surface area (TPSA) is 23.8 Å². The van der Waals surface area contributed by atoms with Crippen molar-refractivity contribution in [3.63, 3.8) is 0 Å². The van der Waals surface area contributed by atoms with Crippen molar-refractivity contribution >= 4 is 6.08 Å². The summed E-state index contributed by atoms with van der Waals surface area (Å²) in [6.07, 6.45) is 4.31. The fraction of sp³-hybridized carbons (Fsp3) is 0.0625. The molecule has 0 saturated heterocycles. The molecule has 17 heavy (non-hydrogen) atoms. The van der Waals surface area contributed by atoms with Gasteiger partial charge in [-0.3, -0.25) is 0 Å². The van der Waals surface area contributed by atoms with Crippen molar-refractivity contribution in [2.45, 2.75) is 6.42 Å². The van der Waals surface area contributed by atoms with E-state index in [2.05, 4.69) is 30.3 Å². The van der Waals surface area contributed by atoms with Gasteiger partial charge in [0.25, 0.3) is 0 Å². The van der Waals surface area contributed by atoms with Crippen LogP contribution in [0.5, 0.6) is 0 Å². The van der Waals surface area contributed by atoms with E-state index in [0.717, 1.165) is 5.56 Å². The minimum Gasteiger partial charge on any atom is -0.198 e. The Labute approximate surface area is 102 Å². The van der Waals surface area contributed by atoms with E-state index >= 15 is 0 Å². The second-order valence-corrected chi connectivity index (χ2v) is 3.76. The van der Waals surface area contributed by atoms with Gasteiger partial charge >= 0.3 is 0 Å². The summed E-state index contributed by atoms with van der Waals surface area (Å²) < 4.78 is 0. The van der Waals surface area contributed by atoms with Crippen LogP contribution < -0.4 is 0 Å². The number of hydrogen-bond donors (Lipinski definition) is 0. The third kappa shape index (κ3) is 3.06. The highest BCUT2D eigenvalue weighted by atomic mass is 14.2. The fourth-order valence-corrected chi connectivity index (χ4v) is 1.70. The summed E-state index contributed by atoms with van der Waals surface area (Å²) in [5.74, 6) is 0. The average Bonchev–Trinajstić information content (AvgIpc) is 2.41. The predicted molar refractivity (Wildman–Crippen MR) is 71.1 cm³/mol. The number of allylic oxidation sites excluding steroid dienone is 1. The van der Waals surface area contributed by atoms with Crippen molar-refractivity contribution in [3.05, 3.63) is 66.2 Å². The molecule has 0 N–H and O–H groups in total. The second-order valence-electron chi connectivity index (χ2n) is 3.76. The zero-order valence-electron chi connectivity index (χ0n) is 9.51. The maximum Gasteiger partial charge on any atom is 0.0663 e. The molecule has 0 bridgehead atoms. The van der Waals surface area contributed by atoms with Gasteiger partial charge in [-0.1, -0.05) is 60.7 Å². The lowest BCUT2D eigenvalue weighted by Crippen LogP contribution is -1.78. The number of hydrogen-bond acceptors (Lipinski definition) is 1. The van der Waals surface area contributed by atoms with Crippen LogP contribution in [0.3, 0.4) is 0 Å². The summed E-state index contributed by atoms with van der Waals surface area (Å²) in [5, 5.41) is 8.48. The lowest BCUT2D eigenvalue weighted by Gasteiger charge is -2.02. The maximum atomic E-state index is 8.48. The van der Waals surface area contributed by atoms with Gasteiger partial charge in [-0.05, 0) is 22.8 Å². The average molecular weight is 219 g/mol. The molecule has 0 radical (unpaired) electrons. The van der Waals surface area contributed by atoms with Crippen LogP contribution >= 0.6 is 0 Å². The van der Waals surface area contributed by atoms with E-state index in [1.54, 1.807) is 0 Å². The van der Waals surface area contributed by atoms with Gasteiger partial charge in [-0.25, -0.2) is 0 Å². The first-order chi connectivity index (χ1) is 8.40. The van der Waals surface area contributed by atoms with Crippen molar-refractivity contribution < 1.29 is 0 Å². The van der Waals surface area contributed by atoms with Gasteiger partial charge < -0.3 is 0 Å². The summed E-state index contributed by atoms with van der Waals surface area (Å²) in [7, 11) is 0. The standard InChI is InChI=1S/C16H13N/c17-12-5-4-7-14-8-6-11-16(13-14)15-9-2-1-3-10-15/h1-4,6-11,13H,5H2. The van der Waals surface area contributed by atoms with Crippen LogP contribution in [-0.2, 0) is 0 Å². The summed E-state index contributed by atoms with van der Waals surface area (Å²) in [5.41, 5.74) is 3.54. The van der Waals surface area contributed by atoms with Crippen molar-refractivity contribution in [2.24, 2.45) is 0 Å². The monoisotopic (exact) mass is 219 g/mol. The van der Waals surface area contributed by atoms with Crippen molar-refractivity contribution in [2.75, 3.05) is 0 Å². The molecule has 0 spiro atoms. The molecule has 0 aliphatic carbocycles. The van der Waals surface area contributed by atoms with E-state index in [-0.39, 0.29) is 0 Å². The van der Waals surface area contributed by atoms with Gasteiger partial charge in [0.15, 0.2) is 0 Å². The second kappa shape index (κ2) is 5.67. The zero-order valence-corrected chi connectivity index (χ0v) is 9.51. The highest BCUT2D eigenvalue weighted by Crippen LogP contribution is 2.20. The normalized spacial score (nSPS) is 10.3. The molecule has 2 aromatic rings. The summed E-state index contributed by atoms with van der Waals surface area (Å²) in [4.78, 5) is 0. The molecule has 0 fully saturated rings. The van der Waals surface area contributed by atoms with E-state index in [4.69, 9.17) is 5.26 Å². The molecule has 0 atom stereocenters.